The maximum Gasteiger partial charge on any atom is 0.0833 e. The summed E-state index contributed by atoms with van der Waals surface area (Å²) in [6, 6.07) is 5.23. The molecule has 5 heteroatoms. The second kappa shape index (κ2) is 3.52. The second-order valence-electron chi connectivity index (χ2n) is 2.81. The molecule has 0 aliphatic rings. The minimum Gasteiger partial charge on any atom is -0.399 e. The van der Waals surface area contributed by atoms with E-state index in [-0.39, 0.29) is 0 Å². The van der Waals surface area contributed by atoms with Crippen LogP contribution in [0.5, 0.6) is 0 Å². The van der Waals surface area contributed by atoms with Crippen LogP contribution in [0.2, 0.25) is 10.0 Å². The first kappa shape index (κ1) is 9.37. The zero-order valence-corrected chi connectivity index (χ0v) is 8.63. The van der Waals surface area contributed by atoms with Crippen LogP contribution >= 0.6 is 23.2 Å². The van der Waals surface area contributed by atoms with Crippen molar-refractivity contribution in [3.8, 4) is 5.69 Å². The average Bonchev–Trinajstić information content (AvgIpc) is 2.51. The van der Waals surface area contributed by atoms with Gasteiger partial charge in [0.15, 0.2) is 0 Å². The maximum atomic E-state index is 5.99. The van der Waals surface area contributed by atoms with E-state index in [0.717, 1.165) is 5.69 Å². The predicted molar refractivity (Wildman–Crippen MR) is 58.0 cm³/mol. The lowest BCUT2D eigenvalue weighted by atomic mass is 10.3. The van der Waals surface area contributed by atoms with Crippen molar-refractivity contribution in [1.82, 2.24) is 9.78 Å². The van der Waals surface area contributed by atoms with Crippen molar-refractivity contribution in [3.05, 3.63) is 40.6 Å². The number of benzene rings is 1. The Morgan fingerprint density at radius 1 is 1.29 bits per heavy atom. The molecule has 0 aliphatic carbocycles. The van der Waals surface area contributed by atoms with Crippen molar-refractivity contribution < 1.29 is 0 Å². The smallest absolute Gasteiger partial charge is 0.0833 e. The molecule has 0 radical (unpaired) electrons. The Kier molecular flexibility index (Phi) is 2.35. The number of nitrogen functional groups attached to an aromatic ring is 1. The van der Waals surface area contributed by atoms with Gasteiger partial charge in [-0.25, -0.2) is 4.68 Å². The van der Waals surface area contributed by atoms with Crippen molar-refractivity contribution >= 4 is 28.9 Å². The molecule has 1 heterocycles. The van der Waals surface area contributed by atoms with E-state index in [0.29, 0.717) is 15.7 Å². The average molecular weight is 228 g/mol. The van der Waals surface area contributed by atoms with Gasteiger partial charge in [0.25, 0.3) is 0 Å². The fourth-order valence-corrected chi connectivity index (χ4v) is 1.55. The number of hydrogen-bond donors (Lipinski definition) is 1. The van der Waals surface area contributed by atoms with Crippen LogP contribution in [0, 0.1) is 0 Å². The van der Waals surface area contributed by atoms with Gasteiger partial charge in [-0.1, -0.05) is 23.2 Å². The highest BCUT2D eigenvalue weighted by atomic mass is 35.5. The monoisotopic (exact) mass is 227 g/mol. The molecule has 2 aromatic rings. The van der Waals surface area contributed by atoms with Crippen LogP contribution in [-0.2, 0) is 0 Å². The largest absolute Gasteiger partial charge is 0.399 e. The molecule has 1 aromatic heterocycles. The van der Waals surface area contributed by atoms with E-state index in [1.54, 1.807) is 35.3 Å². The molecule has 0 fully saturated rings. The number of hydrogen-bond acceptors (Lipinski definition) is 2. The zero-order valence-electron chi connectivity index (χ0n) is 7.11. The highest BCUT2D eigenvalue weighted by Gasteiger charge is 2.04. The first-order valence-electron chi connectivity index (χ1n) is 3.92. The standard InChI is InChI=1S/C9H7Cl2N3/c10-6-4-13-14(5-6)9-2-1-7(12)3-8(9)11/h1-5H,12H2. The maximum absolute atomic E-state index is 5.99. The summed E-state index contributed by atoms with van der Waals surface area (Å²) in [5.74, 6) is 0. The quantitative estimate of drug-likeness (QED) is 0.762. The number of aromatic nitrogens is 2. The van der Waals surface area contributed by atoms with Gasteiger partial charge in [0, 0.05) is 11.9 Å². The van der Waals surface area contributed by atoms with E-state index >= 15 is 0 Å². The fourth-order valence-electron chi connectivity index (χ4n) is 1.14. The SMILES string of the molecule is Nc1ccc(-n2cc(Cl)cn2)c(Cl)c1. The summed E-state index contributed by atoms with van der Waals surface area (Å²) >= 11 is 11.7. The summed E-state index contributed by atoms with van der Waals surface area (Å²) in [7, 11) is 0. The van der Waals surface area contributed by atoms with Crippen LogP contribution in [0.3, 0.4) is 0 Å². The van der Waals surface area contributed by atoms with Crippen LogP contribution in [0.25, 0.3) is 5.69 Å². The molecule has 0 saturated carbocycles. The molecule has 0 bridgehead atoms. The Hall–Kier alpha value is -1.19. The van der Waals surface area contributed by atoms with Gasteiger partial charge in [0.2, 0.25) is 0 Å². The Labute approximate surface area is 91.0 Å². The van der Waals surface area contributed by atoms with E-state index in [1.165, 1.54) is 0 Å². The summed E-state index contributed by atoms with van der Waals surface area (Å²) in [4.78, 5) is 0. The number of nitrogens with two attached hydrogens (primary N) is 1. The molecule has 0 amide bonds. The Bertz CT molecular complexity index is 465. The third-order valence-corrected chi connectivity index (χ3v) is 2.27. The van der Waals surface area contributed by atoms with Gasteiger partial charge in [-0.3, -0.25) is 0 Å². The van der Waals surface area contributed by atoms with Crippen molar-refractivity contribution in [3.63, 3.8) is 0 Å². The van der Waals surface area contributed by atoms with Gasteiger partial charge >= 0.3 is 0 Å². The van der Waals surface area contributed by atoms with Gasteiger partial charge in [-0.05, 0) is 18.2 Å². The van der Waals surface area contributed by atoms with E-state index in [9.17, 15) is 0 Å². The Balaban J connectivity index is 2.52. The molecule has 0 aliphatic heterocycles. The van der Waals surface area contributed by atoms with Crippen LogP contribution in [0.15, 0.2) is 30.6 Å². The first-order valence-corrected chi connectivity index (χ1v) is 4.68. The molecular weight excluding hydrogens is 221 g/mol. The van der Waals surface area contributed by atoms with E-state index in [4.69, 9.17) is 28.9 Å². The molecule has 3 nitrogen and oxygen atoms in total. The first-order chi connectivity index (χ1) is 6.66. The highest BCUT2D eigenvalue weighted by Crippen LogP contribution is 2.23. The summed E-state index contributed by atoms with van der Waals surface area (Å²) in [6.45, 7) is 0. The third kappa shape index (κ3) is 1.69. The normalized spacial score (nSPS) is 10.4. The summed E-state index contributed by atoms with van der Waals surface area (Å²) in [6.07, 6.45) is 3.23. The highest BCUT2D eigenvalue weighted by molar-refractivity contribution is 6.32. The van der Waals surface area contributed by atoms with Gasteiger partial charge < -0.3 is 5.73 Å². The number of rotatable bonds is 1. The van der Waals surface area contributed by atoms with Gasteiger partial charge in [-0.2, -0.15) is 5.10 Å². The molecule has 0 saturated heterocycles. The zero-order chi connectivity index (χ0) is 10.1. The number of halogens is 2. The van der Waals surface area contributed by atoms with Crippen LogP contribution in [0.4, 0.5) is 5.69 Å². The van der Waals surface area contributed by atoms with E-state index in [2.05, 4.69) is 5.10 Å². The van der Waals surface area contributed by atoms with Gasteiger partial charge in [0.05, 0.1) is 21.9 Å². The van der Waals surface area contributed by atoms with E-state index < -0.39 is 0 Å². The lowest BCUT2D eigenvalue weighted by Gasteiger charge is -2.04. The molecule has 14 heavy (non-hydrogen) atoms. The van der Waals surface area contributed by atoms with Crippen LogP contribution < -0.4 is 5.73 Å². The van der Waals surface area contributed by atoms with Crippen LogP contribution in [-0.4, -0.2) is 9.78 Å². The number of anilines is 1. The van der Waals surface area contributed by atoms with Crippen molar-refractivity contribution in [2.75, 3.05) is 5.73 Å². The molecule has 0 spiro atoms. The fraction of sp³-hybridized carbons (Fsp3) is 0. The molecular formula is C9H7Cl2N3. The Morgan fingerprint density at radius 2 is 2.07 bits per heavy atom. The topological polar surface area (TPSA) is 43.8 Å². The molecule has 72 valence electrons. The second-order valence-corrected chi connectivity index (χ2v) is 3.66. The lowest BCUT2D eigenvalue weighted by molar-refractivity contribution is 0.881. The molecule has 2 rings (SSSR count). The van der Waals surface area contributed by atoms with Crippen molar-refractivity contribution in [2.45, 2.75) is 0 Å². The van der Waals surface area contributed by atoms with Gasteiger partial charge in [0.1, 0.15) is 0 Å². The molecule has 0 unspecified atom stereocenters. The predicted octanol–water partition coefficient (Wildman–Crippen LogP) is 2.76. The summed E-state index contributed by atoms with van der Waals surface area (Å²) in [5.41, 5.74) is 6.95. The van der Waals surface area contributed by atoms with Crippen LogP contribution in [0.1, 0.15) is 0 Å². The Morgan fingerprint density at radius 3 is 2.64 bits per heavy atom. The van der Waals surface area contributed by atoms with Crippen molar-refractivity contribution in [2.24, 2.45) is 0 Å². The van der Waals surface area contributed by atoms with E-state index in [1.807, 2.05) is 0 Å². The minimum absolute atomic E-state index is 0.546. The molecule has 2 N–H and O–H groups in total. The minimum atomic E-state index is 0.546. The number of nitrogens with zero attached hydrogens (tertiary/aromatic N) is 2. The molecule has 0 atom stereocenters. The van der Waals surface area contributed by atoms with Gasteiger partial charge in [-0.15, -0.1) is 0 Å². The van der Waals surface area contributed by atoms with Crippen molar-refractivity contribution in [1.29, 1.82) is 0 Å². The molecule has 1 aromatic carbocycles. The third-order valence-electron chi connectivity index (χ3n) is 1.77. The lowest BCUT2D eigenvalue weighted by Crippen LogP contribution is -1.96. The summed E-state index contributed by atoms with van der Waals surface area (Å²) < 4.78 is 1.60. The summed E-state index contributed by atoms with van der Waals surface area (Å²) in [5, 5.41) is 5.15.